The predicted molar refractivity (Wildman–Crippen MR) is 80.5 cm³/mol. The number of hydrogen-bond acceptors (Lipinski definition) is 4. The lowest BCUT2D eigenvalue weighted by molar-refractivity contribution is 0.0878. The first kappa shape index (κ1) is 16.0. The second-order valence-corrected chi connectivity index (χ2v) is 6.65. The van der Waals surface area contributed by atoms with Crippen LogP contribution >= 0.6 is 11.6 Å². The van der Waals surface area contributed by atoms with Crippen LogP contribution in [-0.2, 0) is 20.5 Å². The van der Waals surface area contributed by atoms with E-state index in [1.165, 1.54) is 13.4 Å². The summed E-state index contributed by atoms with van der Waals surface area (Å²) < 4.78 is 37.1. The Balaban J connectivity index is 2.00. The molecule has 2 aromatic rings. The molecule has 1 aromatic heterocycles. The molecule has 0 amide bonds. The van der Waals surface area contributed by atoms with E-state index in [9.17, 15) is 8.42 Å². The standard InChI is InChI=1S/C14H16ClNO4S/c1-19-14(13-7-4-8-20-13)9-16-21(17,18)10-11-5-2-3-6-12(11)15/h2-8,14,16H,9-10H2,1H3. The van der Waals surface area contributed by atoms with Gasteiger partial charge >= 0.3 is 0 Å². The molecular formula is C14H16ClNO4S. The molecule has 0 saturated heterocycles. The maximum atomic E-state index is 12.1. The van der Waals surface area contributed by atoms with Gasteiger partial charge in [0.05, 0.1) is 12.0 Å². The van der Waals surface area contributed by atoms with Crippen LogP contribution in [0.4, 0.5) is 0 Å². The van der Waals surface area contributed by atoms with Crippen LogP contribution in [-0.4, -0.2) is 22.1 Å². The Kier molecular flexibility index (Phi) is 5.41. The van der Waals surface area contributed by atoms with Crippen molar-refractivity contribution in [3.63, 3.8) is 0 Å². The van der Waals surface area contributed by atoms with Crippen molar-refractivity contribution >= 4 is 21.6 Å². The summed E-state index contributed by atoms with van der Waals surface area (Å²) in [7, 11) is -2.01. The van der Waals surface area contributed by atoms with E-state index >= 15 is 0 Å². The largest absolute Gasteiger partial charge is 0.467 e. The summed E-state index contributed by atoms with van der Waals surface area (Å²) in [5, 5.41) is 0.428. The van der Waals surface area contributed by atoms with E-state index in [-0.39, 0.29) is 12.3 Å². The van der Waals surface area contributed by atoms with Crippen molar-refractivity contribution in [1.82, 2.24) is 4.72 Å². The second-order valence-electron chi connectivity index (χ2n) is 4.44. The van der Waals surface area contributed by atoms with Crippen LogP contribution in [0.1, 0.15) is 17.4 Å². The smallest absolute Gasteiger partial charge is 0.215 e. The monoisotopic (exact) mass is 329 g/mol. The molecule has 7 heteroatoms. The van der Waals surface area contributed by atoms with E-state index in [1.807, 2.05) is 0 Å². The number of furan rings is 1. The molecule has 1 heterocycles. The van der Waals surface area contributed by atoms with E-state index in [1.54, 1.807) is 36.4 Å². The van der Waals surface area contributed by atoms with Crippen molar-refractivity contribution in [2.75, 3.05) is 13.7 Å². The summed E-state index contributed by atoms with van der Waals surface area (Å²) in [4.78, 5) is 0. The van der Waals surface area contributed by atoms with Crippen LogP contribution in [0.5, 0.6) is 0 Å². The number of ether oxygens (including phenoxy) is 1. The van der Waals surface area contributed by atoms with Crippen molar-refractivity contribution in [2.45, 2.75) is 11.9 Å². The highest BCUT2D eigenvalue weighted by Crippen LogP contribution is 2.19. The van der Waals surface area contributed by atoms with E-state index in [0.29, 0.717) is 16.3 Å². The van der Waals surface area contributed by atoms with Gasteiger partial charge in [0.15, 0.2) is 0 Å². The quantitative estimate of drug-likeness (QED) is 0.848. The summed E-state index contributed by atoms with van der Waals surface area (Å²) in [6.45, 7) is 0.0940. The van der Waals surface area contributed by atoms with Crippen LogP contribution in [0, 0.1) is 0 Å². The minimum Gasteiger partial charge on any atom is -0.467 e. The first-order valence-corrected chi connectivity index (χ1v) is 8.32. The molecule has 0 spiro atoms. The fourth-order valence-electron chi connectivity index (χ4n) is 1.85. The number of benzene rings is 1. The molecule has 114 valence electrons. The zero-order valence-electron chi connectivity index (χ0n) is 11.5. The molecule has 1 unspecified atom stereocenters. The lowest BCUT2D eigenvalue weighted by Crippen LogP contribution is -2.30. The van der Waals surface area contributed by atoms with Crippen molar-refractivity contribution in [3.05, 3.63) is 59.0 Å². The molecule has 0 saturated carbocycles. The lowest BCUT2D eigenvalue weighted by atomic mass is 10.2. The van der Waals surface area contributed by atoms with Gasteiger partial charge in [-0.1, -0.05) is 29.8 Å². The molecule has 2 rings (SSSR count). The van der Waals surface area contributed by atoms with Gasteiger partial charge < -0.3 is 9.15 Å². The molecule has 21 heavy (non-hydrogen) atoms. The van der Waals surface area contributed by atoms with Crippen LogP contribution < -0.4 is 4.72 Å². The number of halogens is 1. The van der Waals surface area contributed by atoms with Gasteiger partial charge in [-0.2, -0.15) is 0 Å². The third kappa shape index (κ3) is 4.57. The molecule has 1 N–H and O–H groups in total. The number of rotatable bonds is 7. The predicted octanol–water partition coefficient (Wildman–Crippen LogP) is 2.74. The minimum atomic E-state index is -3.51. The maximum Gasteiger partial charge on any atom is 0.215 e. The van der Waals surface area contributed by atoms with Gasteiger partial charge in [0.2, 0.25) is 10.0 Å². The van der Waals surface area contributed by atoms with E-state index in [2.05, 4.69) is 4.72 Å². The number of methoxy groups -OCH3 is 1. The average molecular weight is 330 g/mol. The van der Waals surface area contributed by atoms with Crippen molar-refractivity contribution < 1.29 is 17.6 Å². The molecule has 1 atom stereocenters. The summed E-state index contributed by atoms with van der Waals surface area (Å²) in [5.41, 5.74) is 0.554. The van der Waals surface area contributed by atoms with Crippen molar-refractivity contribution in [2.24, 2.45) is 0 Å². The fraction of sp³-hybridized carbons (Fsp3) is 0.286. The van der Waals surface area contributed by atoms with Crippen LogP contribution in [0.25, 0.3) is 0 Å². The maximum absolute atomic E-state index is 12.1. The molecule has 0 radical (unpaired) electrons. The van der Waals surface area contributed by atoms with Gasteiger partial charge in [0.25, 0.3) is 0 Å². The Labute approximate surface area is 128 Å². The van der Waals surface area contributed by atoms with Gasteiger partial charge in [-0.25, -0.2) is 13.1 Å². The summed E-state index contributed by atoms with van der Waals surface area (Å²) in [6.07, 6.45) is 1.04. The molecule has 0 bridgehead atoms. The molecular weight excluding hydrogens is 314 g/mol. The number of hydrogen-bond donors (Lipinski definition) is 1. The van der Waals surface area contributed by atoms with Crippen LogP contribution in [0.2, 0.25) is 5.02 Å². The Morgan fingerprint density at radius 1 is 1.29 bits per heavy atom. The highest BCUT2D eigenvalue weighted by atomic mass is 35.5. The van der Waals surface area contributed by atoms with Crippen LogP contribution in [0.3, 0.4) is 0 Å². The number of nitrogens with one attached hydrogen (secondary N) is 1. The topological polar surface area (TPSA) is 68.5 Å². The number of sulfonamides is 1. The highest BCUT2D eigenvalue weighted by molar-refractivity contribution is 7.88. The SMILES string of the molecule is COC(CNS(=O)(=O)Cc1ccccc1Cl)c1ccco1. The van der Waals surface area contributed by atoms with Gasteiger partial charge in [-0.05, 0) is 23.8 Å². The third-order valence-electron chi connectivity index (χ3n) is 2.94. The fourth-order valence-corrected chi connectivity index (χ4v) is 3.30. The zero-order chi connectivity index (χ0) is 15.3. The van der Waals surface area contributed by atoms with E-state index in [0.717, 1.165) is 0 Å². The van der Waals surface area contributed by atoms with Gasteiger partial charge in [-0.3, -0.25) is 0 Å². The molecule has 5 nitrogen and oxygen atoms in total. The Bertz CT molecular complexity index is 670. The van der Waals surface area contributed by atoms with Crippen LogP contribution in [0.15, 0.2) is 47.1 Å². The average Bonchev–Trinajstić information content (AvgIpc) is 2.96. The molecule has 0 aliphatic rings. The van der Waals surface area contributed by atoms with E-state index < -0.39 is 16.1 Å². The van der Waals surface area contributed by atoms with Gasteiger partial charge in [0, 0.05) is 18.7 Å². The summed E-state index contributed by atoms with van der Waals surface area (Å²) in [5.74, 6) is 0.388. The first-order chi connectivity index (χ1) is 10.0. The highest BCUT2D eigenvalue weighted by Gasteiger charge is 2.19. The van der Waals surface area contributed by atoms with E-state index in [4.69, 9.17) is 20.8 Å². The van der Waals surface area contributed by atoms with Gasteiger partial charge in [0.1, 0.15) is 11.9 Å². The molecule has 0 aliphatic carbocycles. The lowest BCUT2D eigenvalue weighted by Gasteiger charge is -2.14. The Hall–Kier alpha value is -1.34. The molecule has 0 aliphatic heterocycles. The Morgan fingerprint density at radius 3 is 2.67 bits per heavy atom. The third-order valence-corrected chi connectivity index (χ3v) is 4.60. The zero-order valence-corrected chi connectivity index (χ0v) is 13.0. The Morgan fingerprint density at radius 2 is 2.05 bits per heavy atom. The molecule has 1 aromatic carbocycles. The van der Waals surface area contributed by atoms with Gasteiger partial charge in [-0.15, -0.1) is 0 Å². The minimum absolute atomic E-state index is 0.0940. The summed E-state index contributed by atoms with van der Waals surface area (Å²) in [6, 6.07) is 10.3. The molecule has 0 fully saturated rings. The summed E-state index contributed by atoms with van der Waals surface area (Å²) >= 11 is 5.97. The van der Waals surface area contributed by atoms with Crippen molar-refractivity contribution in [1.29, 1.82) is 0 Å². The normalized spacial score (nSPS) is 13.2. The van der Waals surface area contributed by atoms with Crippen molar-refractivity contribution in [3.8, 4) is 0 Å². The first-order valence-electron chi connectivity index (χ1n) is 6.29. The second kappa shape index (κ2) is 7.09.